The molecule has 1 aliphatic heterocycles. The third-order valence-corrected chi connectivity index (χ3v) is 5.31. The van der Waals surface area contributed by atoms with Gasteiger partial charge in [0.1, 0.15) is 18.1 Å². The molecule has 1 fully saturated rings. The molecule has 1 saturated heterocycles. The topological polar surface area (TPSA) is 60.0 Å². The fourth-order valence-electron chi connectivity index (χ4n) is 3.49. The van der Waals surface area contributed by atoms with E-state index in [1.165, 1.54) is 0 Å². The van der Waals surface area contributed by atoms with Crippen LogP contribution in [-0.2, 0) is 11.3 Å². The summed E-state index contributed by atoms with van der Waals surface area (Å²) in [6, 6.07) is 25.2. The van der Waals surface area contributed by atoms with Gasteiger partial charge in [0.05, 0.1) is 13.2 Å². The number of rotatable bonds is 8. The van der Waals surface area contributed by atoms with Crippen LogP contribution < -0.4 is 14.8 Å². The quantitative estimate of drug-likeness (QED) is 0.573. The molecule has 1 heterocycles. The van der Waals surface area contributed by atoms with Crippen molar-refractivity contribution in [2.45, 2.75) is 6.54 Å². The van der Waals surface area contributed by atoms with Crippen LogP contribution in [0.1, 0.15) is 5.56 Å². The van der Waals surface area contributed by atoms with Crippen LogP contribution in [0.3, 0.4) is 0 Å². The third kappa shape index (κ3) is 6.57. The summed E-state index contributed by atoms with van der Waals surface area (Å²) in [6.45, 7) is 5.54. The van der Waals surface area contributed by atoms with Gasteiger partial charge in [-0.25, -0.2) is 4.79 Å². The van der Waals surface area contributed by atoms with Crippen molar-refractivity contribution in [1.82, 2.24) is 10.2 Å². The fraction of sp³-hybridized carbons (Fsp3) is 0.269. The fourth-order valence-corrected chi connectivity index (χ4v) is 3.49. The third-order valence-electron chi connectivity index (χ3n) is 5.31. The minimum atomic E-state index is -0.472. The first-order chi connectivity index (χ1) is 15.8. The zero-order valence-electron chi connectivity index (χ0n) is 18.0. The highest BCUT2D eigenvalue weighted by Crippen LogP contribution is 2.24. The molecule has 1 aliphatic rings. The monoisotopic (exact) mass is 432 g/mol. The van der Waals surface area contributed by atoms with Gasteiger partial charge in [-0.2, -0.15) is 0 Å². The first-order valence-electron chi connectivity index (χ1n) is 10.9. The molecule has 0 unspecified atom stereocenters. The summed E-state index contributed by atoms with van der Waals surface area (Å²) in [4.78, 5) is 14.4. The second-order valence-electron chi connectivity index (χ2n) is 7.58. The zero-order valence-corrected chi connectivity index (χ0v) is 18.0. The van der Waals surface area contributed by atoms with Crippen molar-refractivity contribution in [3.8, 4) is 22.6 Å². The molecular formula is C26H28N2O4. The highest BCUT2D eigenvalue weighted by Gasteiger charge is 2.10. The van der Waals surface area contributed by atoms with E-state index >= 15 is 0 Å². The molecule has 166 valence electrons. The predicted octanol–water partition coefficient (Wildman–Crippen LogP) is 4.35. The molecule has 4 rings (SSSR count). The highest BCUT2D eigenvalue weighted by atomic mass is 16.6. The molecule has 6 nitrogen and oxygen atoms in total. The van der Waals surface area contributed by atoms with Crippen LogP contribution >= 0.6 is 0 Å². The van der Waals surface area contributed by atoms with Gasteiger partial charge in [-0.3, -0.25) is 4.90 Å². The number of carbonyl (C=O) groups is 1. The Bertz CT molecular complexity index is 969. The summed E-state index contributed by atoms with van der Waals surface area (Å²) in [5.74, 6) is 1.36. The summed E-state index contributed by atoms with van der Waals surface area (Å²) in [7, 11) is 0. The van der Waals surface area contributed by atoms with Crippen LogP contribution in [0.5, 0.6) is 11.5 Å². The van der Waals surface area contributed by atoms with Gasteiger partial charge >= 0.3 is 6.09 Å². The van der Waals surface area contributed by atoms with Crippen LogP contribution in [0.25, 0.3) is 11.1 Å². The van der Waals surface area contributed by atoms with Gasteiger partial charge < -0.3 is 19.5 Å². The van der Waals surface area contributed by atoms with Crippen LogP contribution in [-0.4, -0.2) is 50.4 Å². The SMILES string of the molecule is O=C(NCc1ccccc1)Oc1ccc(-c2ccc(OCCN3CCOCC3)cc2)cc1. The van der Waals surface area contributed by atoms with Gasteiger partial charge in [-0.15, -0.1) is 0 Å². The van der Waals surface area contributed by atoms with Gasteiger partial charge in [-0.05, 0) is 41.0 Å². The first kappa shape index (κ1) is 21.9. The molecule has 0 saturated carbocycles. The molecule has 0 atom stereocenters. The van der Waals surface area contributed by atoms with Crippen molar-refractivity contribution >= 4 is 6.09 Å². The van der Waals surface area contributed by atoms with E-state index in [-0.39, 0.29) is 0 Å². The van der Waals surface area contributed by atoms with E-state index in [1.54, 1.807) is 12.1 Å². The minimum Gasteiger partial charge on any atom is -0.492 e. The molecule has 1 N–H and O–H groups in total. The Kier molecular flexibility index (Phi) is 7.74. The molecular weight excluding hydrogens is 404 g/mol. The van der Waals surface area contributed by atoms with Crippen molar-refractivity contribution in [3.63, 3.8) is 0 Å². The van der Waals surface area contributed by atoms with Gasteiger partial charge in [0.2, 0.25) is 0 Å². The Morgan fingerprint density at radius 1 is 0.844 bits per heavy atom. The number of hydrogen-bond donors (Lipinski definition) is 1. The summed E-state index contributed by atoms with van der Waals surface area (Å²) in [5.41, 5.74) is 3.14. The maximum absolute atomic E-state index is 12.0. The summed E-state index contributed by atoms with van der Waals surface area (Å²) < 4.78 is 16.6. The Hall–Kier alpha value is -3.35. The lowest BCUT2D eigenvalue weighted by Crippen LogP contribution is -2.38. The number of hydrogen-bond acceptors (Lipinski definition) is 5. The number of benzene rings is 3. The minimum absolute atomic E-state index is 0.429. The van der Waals surface area contributed by atoms with Gasteiger partial charge in [0, 0.05) is 26.2 Å². The van der Waals surface area contributed by atoms with E-state index in [1.807, 2.05) is 66.7 Å². The van der Waals surface area contributed by atoms with E-state index in [0.717, 1.165) is 55.3 Å². The number of morpholine rings is 1. The molecule has 1 amide bonds. The number of nitrogens with one attached hydrogen (secondary N) is 1. The van der Waals surface area contributed by atoms with Gasteiger partial charge in [0.25, 0.3) is 0 Å². The highest BCUT2D eigenvalue weighted by molar-refractivity contribution is 5.71. The molecule has 3 aromatic carbocycles. The molecule has 0 aliphatic carbocycles. The number of ether oxygens (including phenoxy) is 3. The average Bonchev–Trinajstić information content (AvgIpc) is 2.85. The molecule has 6 heteroatoms. The van der Waals surface area contributed by atoms with E-state index in [2.05, 4.69) is 10.2 Å². The lowest BCUT2D eigenvalue weighted by Gasteiger charge is -2.26. The Morgan fingerprint density at radius 3 is 2.12 bits per heavy atom. The van der Waals surface area contributed by atoms with Crippen molar-refractivity contribution < 1.29 is 19.0 Å². The molecule has 0 bridgehead atoms. The Morgan fingerprint density at radius 2 is 1.47 bits per heavy atom. The van der Waals surface area contributed by atoms with E-state index in [0.29, 0.717) is 18.9 Å². The normalized spacial score (nSPS) is 14.0. The van der Waals surface area contributed by atoms with Crippen molar-refractivity contribution in [3.05, 3.63) is 84.4 Å². The second kappa shape index (κ2) is 11.3. The molecule has 3 aromatic rings. The summed E-state index contributed by atoms with van der Waals surface area (Å²) >= 11 is 0. The Labute approximate surface area is 188 Å². The summed E-state index contributed by atoms with van der Waals surface area (Å²) in [5, 5.41) is 2.75. The molecule has 0 spiro atoms. The standard InChI is InChI=1S/C26H28N2O4/c29-26(27-20-21-4-2-1-3-5-21)32-25-12-8-23(9-13-25)22-6-10-24(11-7-22)31-19-16-28-14-17-30-18-15-28/h1-13H,14-20H2,(H,27,29). The lowest BCUT2D eigenvalue weighted by molar-refractivity contribution is 0.0322. The van der Waals surface area contributed by atoms with Gasteiger partial charge in [-0.1, -0.05) is 54.6 Å². The van der Waals surface area contributed by atoms with Crippen molar-refractivity contribution in [2.75, 3.05) is 39.5 Å². The van der Waals surface area contributed by atoms with Crippen molar-refractivity contribution in [1.29, 1.82) is 0 Å². The smallest absolute Gasteiger partial charge is 0.412 e. The largest absolute Gasteiger partial charge is 0.492 e. The second-order valence-corrected chi connectivity index (χ2v) is 7.58. The number of nitrogens with zero attached hydrogens (tertiary/aromatic N) is 1. The lowest BCUT2D eigenvalue weighted by atomic mass is 10.1. The average molecular weight is 433 g/mol. The molecule has 32 heavy (non-hydrogen) atoms. The van der Waals surface area contributed by atoms with E-state index < -0.39 is 6.09 Å². The summed E-state index contributed by atoms with van der Waals surface area (Å²) in [6.07, 6.45) is -0.472. The zero-order chi connectivity index (χ0) is 22.0. The number of amides is 1. The maximum Gasteiger partial charge on any atom is 0.412 e. The maximum atomic E-state index is 12.0. The first-order valence-corrected chi connectivity index (χ1v) is 10.9. The van der Waals surface area contributed by atoms with Crippen LogP contribution in [0.2, 0.25) is 0 Å². The number of carbonyl (C=O) groups excluding carboxylic acids is 1. The molecule has 0 radical (unpaired) electrons. The van der Waals surface area contributed by atoms with Crippen molar-refractivity contribution in [2.24, 2.45) is 0 Å². The van der Waals surface area contributed by atoms with E-state index in [4.69, 9.17) is 14.2 Å². The predicted molar refractivity (Wildman–Crippen MR) is 124 cm³/mol. The van der Waals surface area contributed by atoms with E-state index in [9.17, 15) is 4.79 Å². The van der Waals surface area contributed by atoms with Crippen LogP contribution in [0.15, 0.2) is 78.9 Å². The Balaban J connectivity index is 1.23. The molecule has 0 aromatic heterocycles. The van der Waals surface area contributed by atoms with Crippen LogP contribution in [0, 0.1) is 0 Å². The van der Waals surface area contributed by atoms with Gasteiger partial charge in [0.15, 0.2) is 0 Å². The van der Waals surface area contributed by atoms with Crippen LogP contribution in [0.4, 0.5) is 4.79 Å².